The van der Waals surface area contributed by atoms with Crippen LogP contribution in [0.5, 0.6) is 0 Å². The number of primary amides is 1. The van der Waals surface area contributed by atoms with Crippen LogP contribution in [0.1, 0.15) is 46.7 Å². The second kappa shape index (κ2) is 6.03. The smallest absolute Gasteiger partial charge is 0.253 e. The van der Waals surface area contributed by atoms with E-state index in [0.717, 1.165) is 12.8 Å². The molecule has 1 fully saturated rings. The summed E-state index contributed by atoms with van der Waals surface area (Å²) in [6.07, 6.45) is 1.34. The van der Waals surface area contributed by atoms with Crippen LogP contribution in [0, 0.1) is 5.92 Å². The zero-order valence-electron chi connectivity index (χ0n) is 12.3. The molecule has 0 radical (unpaired) electrons. The fourth-order valence-electron chi connectivity index (χ4n) is 2.74. The number of piperidine rings is 1. The van der Waals surface area contributed by atoms with Crippen molar-refractivity contribution in [3.05, 3.63) is 10.4 Å². The van der Waals surface area contributed by atoms with Crippen molar-refractivity contribution in [3.63, 3.8) is 0 Å². The predicted molar refractivity (Wildman–Crippen MR) is 83.9 cm³/mol. The first-order chi connectivity index (χ1) is 9.82. The van der Waals surface area contributed by atoms with Gasteiger partial charge in [0.2, 0.25) is 0 Å². The molecule has 0 aromatic carbocycles. The Kier molecular flexibility index (Phi) is 4.53. The lowest BCUT2D eigenvalue weighted by atomic mass is 9.92. The number of nitrogen functional groups attached to an aromatic ring is 1. The summed E-state index contributed by atoms with van der Waals surface area (Å²) in [5.74, 6) is -0.503. The van der Waals surface area contributed by atoms with E-state index in [-0.39, 0.29) is 29.1 Å². The number of hydrogen-bond donors (Lipinski definition) is 3. The summed E-state index contributed by atoms with van der Waals surface area (Å²) < 4.78 is 0. The SMILES string of the molecule is CC(=O)c1sc(N2CCC(C(C)O)CC2)c(C(N)=O)c1N. The highest BCUT2D eigenvalue weighted by atomic mass is 32.1. The summed E-state index contributed by atoms with van der Waals surface area (Å²) in [6.45, 7) is 4.66. The van der Waals surface area contributed by atoms with E-state index < -0.39 is 5.91 Å². The topological polar surface area (TPSA) is 110 Å². The number of nitrogens with zero attached hydrogens (tertiary/aromatic N) is 1. The van der Waals surface area contributed by atoms with E-state index in [2.05, 4.69) is 0 Å². The fraction of sp³-hybridized carbons (Fsp3) is 0.571. The van der Waals surface area contributed by atoms with Crippen molar-refractivity contribution in [1.82, 2.24) is 0 Å². The molecule has 0 aliphatic carbocycles. The number of nitrogens with two attached hydrogens (primary N) is 2. The van der Waals surface area contributed by atoms with Gasteiger partial charge in [0, 0.05) is 20.0 Å². The molecule has 116 valence electrons. The van der Waals surface area contributed by atoms with Gasteiger partial charge in [-0.05, 0) is 25.7 Å². The molecule has 0 bridgehead atoms. The first-order valence-electron chi connectivity index (χ1n) is 6.99. The lowest BCUT2D eigenvalue weighted by Crippen LogP contribution is -2.37. The first kappa shape index (κ1) is 15.8. The minimum Gasteiger partial charge on any atom is -0.397 e. The molecule has 1 aliphatic heterocycles. The Morgan fingerprint density at radius 2 is 1.95 bits per heavy atom. The van der Waals surface area contributed by atoms with Crippen LogP contribution in [0.2, 0.25) is 0 Å². The van der Waals surface area contributed by atoms with Crippen molar-refractivity contribution < 1.29 is 14.7 Å². The molecule has 5 N–H and O–H groups in total. The van der Waals surface area contributed by atoms with Crippen LogP contribution >= 0.6 is 11.3 Å². The Morgan fingerprint density at radius 1 is 1.38 bits per heavy atom. The number of thiophene rings is 1. The van der Waals surface area contributed by atoms with Crippen molar-refractivity contribution >= 4 is 33.7 Å². The van der Waals surface area contributed by atoms with Crippen molar-refractivity contribution in [1.29, 1.82) is 0 Å². The third-order valence-electron chi connectivity index (χ3n) is 4.00. The van der Waals surface area contributed by atoms with Gasteiger partial charge in [0.25, 0.3) is 5.91 Å². The summed E-state index contributed by atoms with van der Waals surface area (Å²) >= 11 is 1.23. The number of ketones is 1. The Labute approximate surface area is 127 Å². The largest absolute Gasteiger partial charge is 0.397 e. The number of aliphatic hydroxyl groups is 1. The molecular formula is C14H21N3O3S. The summed E-state index contributed by atoms with van der Waals surface area (Å²) in [4.78, 5) is 25.7. The minimum absolute atomic E-state index is 0.162. The monoisotopic (exact) mass is 311 g/mol. The number of carbonyl (C=O) groups excluding carboxylic acids is 2. The lowest BCUT2D eigenvalue weighted by molar-refractivity contribution is 0.0999. The highest BCUT2D eigenvalue weighted by Crippen LogP contribution is 2.40. The number of hydrogen-bond acceptors (Lipinski definition) is 6. The zero-order valence-corrected chi connectivity index (χ0v) is 13.1. The van der Waals surface area contributed by atoms with E-state index in [9.17, 15) is 14.7 Å². The Morgan fingerprint density at radius 3 is 2.38 bits per heavy atom. The van der Waals surface area contributed by atoms with Gasteiger partial charge in [-0.3, -0.25) is 9.59 Å². The molecule has 1 aliphatic rings. The van der Waals surface area contributed by atoms with Gasteiger partial charge in [0.05, 0.1) is 22.2 Å². The normalized spacial score (nSPS) is 17.8. The molecule has 1 aromatic heterocycles. The molecule has 2 rings (SSSR count). The number of carbonyl (C=O) groups is 2. The molecule has 6 nitrogen and oxygen atoms in total. The van der Waals surface area contributed by atoms with Gasteiger partial charge in [-0.25, -0.2) is 0 Å². The third-order valence-corrected chi connectivity index (χ3v) is 5.37. The van der Waals surface area contributed by atoms with Crippen molar-refractivity contribution in [2.75, 3.05) is 23.7 Å². The standard InChI is InChI=1S/C14H21N3O3S/c1-7(18)9-3-5-17(6-4-9)14-10(13(16)20)11(15)12(21-14)8(2)19/h7,9,18H,3-6,15H2,1-2H3,(H2,16,20). The molecule has 21 heavy (non-hydrogen) atoms. The molecule has 1 aromatic rings. The van der Waals surface area contributed by atoms with Crippen molar-refractivity contribution in [2.45, 2.75) is 32.8 Å². The molecular weight excluding hydrogens is 290 g/mol. The van der Waals surface area contributed by atoms with E-state index >= 15 is 0 Å². The van der Waals surface area contributed by atoms with Gasteiger partial charge in [0.1, 0.15) is 5.00 Å². The maximum atomic E-state index is 11.7. The average Bonchev–Trinajstić information content (AvgIpc) is 2.76. The van der Waals surface area contributed by atoms with Crippen LogP contribution in [0.4, 0.5) is 10.7 Å². The average molecular weight is 311 g/mol. The van der Waals surface area contributed by atoms with Crippen LogP contribution < -0.4 is 16.4 Å². The summed E-state index contributed by atoms with van der Waals surface area (Å²) in [5, 5.41) is 10.3. The second-order valence-corrected chi connectivity index (χ2v) is 6.51. The molecule has 2 heterocycles. The van der Waals surface area contributed by atoms with Crippen LogP contribution in [0.25, 0.3) is 0 Å². The van der Waals surface area contributed by atoms with Gasteiger partial charge >= 0.3 is 0 Å². The van der Waals surface area contributed by atoms with E-state index in [0.29, 0.717) is 23.0 Å². The first-order valence-corrected chi connectivity index (χ1v) is 7.80. The third kappa shape index (κ3) is 3.03. The lowest BCUT2D eigenvalue weighted by Gasteiger charge is -2.34. The maximum Gasteiger partial charge on any atom is 0.253 e. The summed E-state index contributed by atoms with van der Waals surface area (Å²) in [5.41, 5.74) is 11.8. The van der Waals surface area contributed by atoms with E-state index in [1.807, 2.05) is 4.90 Å². The number of aliphatic hydroxyl groups excluding tert-OH is 1. The molecule has 1 unspecified atom stereocenters. The molecule has 0 saturated carbocycles. The number of rotatable bonds is 4. The van der Waals surface area contributed by atoms with Crippen LogP contribution in [-0.4, -0.2) is 36.0 Å². The molecule has 1 atom stereocenters. The van der Waals surface area contributed by atoms with Gasteiger partial charge in [-0.15, -0.1) is 11.3 Å². The van der Waals surface area contributed by atoms with Gasteiger partial charge in [0.15, 0.2) is 5.78 Å². The highest BCUT2D eigenvalue weighted by Gasteiger charge is 2.29. The Balaban J connectivity index is 2.30. The van der Waals surface area contributed by atoms with Crippen LogP contribution in [-0.2, 0) is 0 Å². The van der Waals surface area contributed by atoms with Crippen LogP contribution in [0.3, 0.4) is 0 Å². The van der Waals surface area contributed by atoms with Gasteiger partial charge in [-0.2, -0.15) is 0 Å². The zero-order chi connectivity index (χ0) is 15.7. The highest BCUT2D eigenvalue weighted by molar-refractivity contribution is 7.19. The van der Waals surface area contributed by atoms with E-state index in [4.69, 9.17) is 11.5 Å². The predicted octanol–water partition coefficient (Wildman–Crippen LogP) is 1.23. The number of anilines is 2. The van der Waals surface area contributed by atoms with Crippen LogP contribution in [0.15, 0.2) is 0 Å². The Bertz CT molecular complexity index is 560. The van der Waals surface area contributed by atoms with Gasteiger partial charge in [-0.1, -0.05) is 0 Å². The summed E-state index contributed by atoms with van der Waals surface area (Å²) in [7, 11) is 0. The molecule has 1 saturated heterocycles. The molecule has 0 spiro atoms. The number of Topliss-reactive ketones (excluding diaryl/α,β-unsaturated/α-hetero) is 1. The maximum absolute atomic E-state index is 11.7. The fourth-order valence-corrected chi connectivity index (χ4v) is 3.91. The summed E-state index contributed by atoms with van der Waals surface area (Å²) in [6, 6.07) is 0. The van der Waals surface area contributed by atoms with Crippen molar-refractivity contribution in [3.8, 4) is 0 Å². The van der Waals surface area contributed by atoms with E-state index in [1.165, 1.54) is 18.3 Å². The molecule has 7 heteroatoms. The van der Waals surface area contributed by atoms with E-state index in [1.54, 1.807) is 6.92 Å². The van der Waals surface area contributed by atoms with Gasteiger partial charge < -0.3 is 21.5 Å². The van der Waals surface area contributed by atoms with Crippen molar-refractivity contribution in [2.24, 2.45) is 11.7 Å². The minimum atomic E-state index is -0.608. The Hall–Kier alpha value is -1.60. The molecule has 1 amide bonds. The number of amides is 1. The quantitative estimate of drug-likeness (QED) is 0.724. The second-order valence-electron chi connectivity index (χ2n) is 5.51.